The van der Waals surface area contributed by atoms with Gasteiger partial charge in [-0.2, -0.15) is 13.2 Å². The predicted molar refractivity (Wildman–Crippen MR) is 93.7 cm³/mol. The van der Waals surface area contributed by atoms with E-state index in [-0.39, 0.29) is 0 Å². The smallest absolute Gasteiger partial charge is 0.388 e. The van der Waals surface area contributed by atoms with Crippen molar-refractivity contribution >= 4 is 13.3 Å². The molecule has 0 bridgehead atoms. The van der Waals surface area contributed by atoms with Crippen molar-refractivity contribution in [1.82, 2.24) is 0 Å². The summed E-state index contributed by atoms with van der Waals surface area (Å²) in [5.41, 5.74) is -0.238. The number of aliphatic hydroxyl groups is 1. The maximum absolute atomic E-state index is 12.6. The third-order valence-corrected chi connectivity index (χ3v) is 8.19. The average molecular weight is 350 g/mol. The number of halogens is 3. The van der Waals surface area contributed by atoms with Crippen LogP contribution >= 0.6 is 0 Å². The summed E-state index contributed by atoms with van der Waals surface area (Å²) in [7, 11) is -1.95. The van der Waals surface area contributed by atoms with Gasteiger partial charge in [-0.1, -0.05) is 65.9 Å². The van der Waals surface area contributed by atoms with Crippen molar-refractivity contribution in [3.05, 3.63) is 77.5 Å². The summed E-state index contributed by atoms with van der Waals surface area (Å²) in [6, 6.07) is 14.7. The first-order chi connectivity index (χ1) is 11.1. The first kappa shape index (κ1) is 18.5. The second kappa shape index (κ2) is 6.95. The van der Waals surface area contributed by atoms with Gasteiger partial charge in [0, 0.05) is 0 Å². The Bertz CT molecular complexity index is 691. The van der Waals surface area contributed by atoms with Crippen LogP contribution in [0.2, 0.25) is 13.1 Å². The maximum Gasteiger partial charge on any atom is 0.416 e. The molecule has 0 heterocycles. The minimum Gasteiger partial charge on any atom is -0.388 e. The zero-order chi connectivity index (χ0) is 18.0. The summed E-state index contributed by atoms with van der Waals surface area (Å²) in [6.45, 7) is 8.46. The summed E-state index contributed by atoms with van der Waals surface area (Å²) in [4.78, 5) is 0. The lowest BCUT2D eigenvalue weighted by Gasteiger charge is -2.27. The van der Waals surface area contributed by atoms with Crippen LogP contribution in [0.25, 0.3) is 0 Å². The normalized spacial score (nSPS) is 13.6. The molecule has 0 radical (unpaired) electrons. The Balaban J connectivity index is 2.11. The largest absolute Gasteiger partial charge is 0.416 e. The fourth-order valence-corrected chi connectivity index (χ4v) is 4.70. The molecule has 0 aliphatic rings. The van der Waals surface area contributed by atoms with Gasteiger partial charge in [-0.05, 0) is 24.1 Å². The summed E-state index contributed by atoms with van der Waals surface area (Å²) < 4.78 is 37.8. The number of benzene rings is 2. The molecule has 0 aliphatic heterocycles. The van der Waals surface area contributed by atoms with Crippen molar-refractivity contribution in [2.45, 2.75) is 31.8 Å². The SMILES string of the molecule is C=C(CC(O)c1ccc(C(F)(F)F)cc1)[Si](C)(C)c1ccccc1. The molecule has 0 saturated carbocycles. The highest BCUT2D eigenvalue weighted by Crippen LogP contribution is 2.31. The number of hydrogen-bond donors (Lipinski definition) is 1. The topological polar surface area (TPSA) is 20.2 Å². The van der Waals surface area contributed by atoms with E-state index in [2.05, 4.69) is 31.8 Å². The van der Waals surface area contributed by atoms with E-state index in [9.17, 15) is 18.3 Å². The van der Waals surface area contributed by atoms with Crippen LogP contribution in [0.3, 0.4) is 0 Å². The molecule has 0 spiro atoms. The van der Waals surface area contributed by atoms with Crippen molar-refractivity contribution in [2.24, 2.45) is 0 Å². The monoisotopic (exact) mass is 350 g/mol. The van der Waals surface area contributed by atoms with E-state index in [1.807, 2.05) is 18.2 Å². The van der Waals surface area contributed by atoms with Crippen molar-refractivity contribution in [2.75, 3.05) is 0 Å². The number of aliphatic hydroxyl groups excluding tert-OH is 1. The summed E-state index contributed by atoms with van der Waals surface area (Å²) in [5, 5.41) is 12.6. The van der Waals surface area contributed by atoms with Crippen LogP contribution in [0.4, 0.5) is 13.2 Å². The van der Waals surface area contributed by atoms with Gasteiger partial charge < -0.3 is 5.11 Å². The number of rotatable bonds is 5. The Labute approximate surface area is 141 Å². The summed E-state index contributed by atoms with van der Waals surface area (Å²) in [6.07, 6.45) is -4.87. The van der Waals surface area contributed by atoms with Gasteiger partial charge in [0.2, 0.25) is 0 Å². The Morgan fingerprint density at radius 1 is 1.04 bits per heavy atom. The Hall–Kier alpha value is -1.85. The van der Waals surface area contributed by atoms with Crippen LogP contribution in [-0.4, -0.2) is 13.2 Å². The van der Waals surface area contributed by atoms with Crippen molar-refractivity contribution in [3.8, 4) is 0 Å². The van der Waals surface area contributed by atoms with Gasteiger partial charge in [0.1, 0.15) is 8.07 Å². The van der Waals surface area contributed by atoms with Gasteiger partial charge in [-0.25, -0.2) is 0 Å². The molecule has 2 aromatic rings. The minimum absolute atomic E-state index is 0.347. The number of alkyl halides is 3. The molecular weight excluding hydrogens is 329 g/mol. The molecule has 2 rings (SSSR count). The van der Waals surface area contributed by atoms with Crippen LogP contribution < -0.4 is 5.19 Å². The highest BCUT2D eigenvalue weighted by atomic mass is 28.3. The molecule has 0 aromatic heterocycles. The second-order valence-electron chi connectivity index (χ2n) is 6.43. The van der Waals surface area contributed by atoms with E-state index < -0.39 is 25.9 Å². The van der Waals surface area contributed by atoms with Crippen molar-refractivity contribution in [3.63, 3.8) is 0 Å². The Morgan fingerprint density at radius 2 is 1.58 bits per heavy atom. The lowest BCUT2D eigenvalue weighted by molar-refractivity contribution is -0.137. The molecule has 0 saturated heterocycles. The molecule has 1 unspecified atom stereocenters. The van der Waals surface area contributed by atoms with Crippen LogP contribution in [0.1, 0.15) is 23.7 Å². The quantitative estimate of drug-likeness (QED) is 0.765. The van der Waals surface area contributed by atoms with Gasteiger partial charge in [-0.3, -0.25) is 0 Å². The van der Waals surface area contributed by atoms with Gasteiger partial charge >= 0.3 is 6.18 Å². The molecule has 24 heavy (non-hydrogen) atoms. The second-order valence-corrected chi connectivity index (χ2v) is 11.0. The predicted octanol–water partition coefficient (Wildman–Crippen LogP) is 4.84. The molecular formula is C19H21F3OSi. The lowest BCUT2D eigenvalue weighted by atomic mass is 10.0. The van der Waals surface area contributed by atoms with E-state index in [4.69, 9.17) is 0 Å². The third-order valence-electron chi connectivity index (χ3n) is 4.44. The molecule has 1 N–H and O–H groups in total. The van der Waals surface area contributed by atoms with Gasteiger partial charge in [0.05, 0.1) is 11.7 Å². The first-order valence-electron chi connectivity index (χ1n) is 7.71. The zero-order valence-electron chi connectivity index (χ0n) is 13.8. The molecule has 128 valence electrons. The van der Waals surface area contributed by atoms with Crippen molar-refractivity contribution in [1.29, 1.82) is 0 Å². The molecule has 2 aromatic carbocycles. The zero-order valence-corrected chi connectivity index (χ0v) is 14.8. The minimum atomic E-state index is -4.37. The fraction of sp³-hybridized carbons (Fsp3) is 0.263. The van der Waals surface area contributed by atoms with E-state index in [0.29, 0.717) is 12.0 Å². The Morgan fingerprint density at radius 3 is 2.08 bits per heavy atom. The molecule has 1 nitrogen and oxygen atoms in total. The average Bonchev–Trinajstić information content (AvgIpc) is 2.54. The summed E-state index contributed by atoms with van der Waals surface area (Å²) >= 11 is 0. The highest BCUT2D eigenvalue weighted by molar-refractivity contribution is 6.95. The molecule has 0 fully saturated rings. The van der Waals surface area contributed by atoms with Crippen LogP contribution in [0.15, 0.2) is 66.4 Å². The molecule has 1 atom stereocenters. The maximum atomic E-state index is 12.6. The van der Waals surface area contributed by atoms with E-state index in [1.165, 1.54) is 17.3 Å². The molecule has 0 amide bonds. The van der Waals surface area contributed by atoms with Gasteiger partial charge in [0.25, 0.3) is 0 Å². The van der Waals surface area contributed by atoms with Crippen LogP contribution in [-0.2, 0) is 6.18 Å². The highest BCUT2D eigenvalue weighted by Gasteiger charge is 2.31. The molecule has 5 heteroatoms. The lowest BCUT2D eigenvalue weighted by Crippen LogP contribution is -2.43. The summed E-state index contributed by atoms with van der Waals surface area (Å²) in [5.74, 6) is 0. The van der Waals surface area contributed by atoms with Crippen LogP contribution in [0, 0.1) is 0 Å². The first-order valence-corrected chi connectivity index (χ1v) is 10.7. The fourth-order valence-electron chi connectivity index (χ4n) is 2.56. The van der Waals surface area contributed by atoms with E-state index >= 15 is 0 Å². The van der Waals surface area contributed by atoms with Crippen molar-refractivity contribution < 1.29 is 18.3 Å². The standard InChI is InChI=1S/C19H21F3OSi/c1-14(24(2,3)17-7-5-4-6-8-17)13-18(23)15-9-11-16(12-10-15)19(20,21)22/h4-12,18,23H,1,13H2,2-3H3. The third kappa shape index (κ3) is 4.16. The van der Waals surface area contributed by atoms with E-state index in [0.717, 1.165) is 17.3 Å². The van der Waals surface area contributed by atoms with E-state index in [1.54, 1.807) is 0 Å². The number of hydrogen-bond acceptors (Lipinski definition) is 1. The molecule has 0 aliphatic carbocycles. The van der Waals surface area contributed by atoms with Gasteiger partial charge in [-0.15, -0.1) is 6.58 Å². The van der Waals surface area contributed by atoms with Gasteiger partial charge in [0.15, 0.2) is 0 Å². The Kier molecular flexibility index (Phi) is 5.35. The van der Waals surface area contributed by atoms with Crippen LogP contribution in [0.5, 0.6) is 0 Å².